The Kier molecular flexibility index (Phi) is 5.03. The van der Waals surface area contributed by atoms with Crippen molar-refractivity contribution in [2.24, 2.45) is 0 Å². The Hall–Kier alpha value is -2.52. The molecular formula is C21H14Cl2N2O2S. The molecule has 0 spiro atoms. The van der Waals surface area contributed by atoms with Crippen LogP contribution in [0.25, 0.3) is 10.4 Å². The Morgan fingerprint density at radius 3 is 2.79 bits per heavy atom. The van der Waals surface area contributed by atoms with Gasteiger partial charge in [0, 0.05) is 28.9 Å². The number of fused-ring (bicyclic) bond motifs is 3. The standard InChI is InChI=1S/C21H14Cl2N2O2S/c1-25(17-4-3-14(22)10-16(17)23)21(26)19-9-13-6-7-27-18-5-2-12(11-24)8-15(18)20(13)28-19/h2-5,8-10H,6-7H2,1H3. The Balaban J connectivity index is 1.74. The average molecular weight is 429 g/mol. The number of anilines is 1. The number of nitriles is 1. The van der Waals surface area contributed by atoms with Crippen LogP contribution in [0.15, 0.2) is 42.5 Å². The van der Waals surface area contributed by atoms with Gasteiger partial charge in [-0.2, -0.15) is 5.26 Å². The first-order chi connectivity index (χ1) is 13.5. The molecule has 1 aromatic heterocycles. The number of thiophene rings is 1. The zero-order chi connectivity index (χ0) is 19.8. The lowest BCUT2D eigenvalue weighted by molar-refractivity contribution is 0.0997. The molecule has 0 radical (unpaired) electrons. The first-order valence-electron chi connectivity index (χ1n) is 8.51. The van der Waals surface area contributed by atoms with Crippen molar-refractivity contribution in [2.45, 2.75) is 6.42 Å². The highest BCUT2D eigenvalue weighted by atomic mass is 35.5. The summed E-state index contributed by atoms with van der Waals surface area (Å²) in [6, 6.07) is 14.5. The zero-order valence-electron chi connectivity index (χ0n) is 14.8. The number of nitrogens with zero attached hydrogens (tertiary/aromatic N) is 2. The summed E-state index contributed by atoms with van der Waals surface area (Å²) in [6.07, 6.45) is 0.696. The topological polar surface area (TPSA) is 53.3 Å². The molecule has 0 fully saturated rings. The molecule has 3 aromatic rings. The van der Waals surface area contributed by atoms with Crippen LogP contribution in [0.2, 0.25) is 10.0 Å². The third-order valence-electron chi connectivity index (χ3n) is 4.58. The summed E-state index contributed by atoms with van der Waals surface area (Å²) in [6.45, 7) is 0.523. The minimum absolute atomic E-state index is 0.152. The number of halogens is 2. The van der Waals surface area contributed by atoms with Crippen LogP contribution in [0, 0.1) is 11.3 Å². The number of carbonyl (C=O) groups is 1. The van der Waals surface area contributed by atoms with E-state index in [0.29, 0.717) is 39.2 Å². The van der Waals surface area contributed by atoms with E-state index in [0.717, 1.165) is 21.8 Å². The summed E-state index contributed by atoms with van der Waals surface area (Å²) in [5.74, 6) is 0.578. The Labute approximate surface area is 176 Å². The van der Waals surface area contributed by atoms with Crippen LogP contribution < -0.4 is 9.64 Å². The van der Waals surface area contributed by atoms with Crippen molar-refractivity contribution in [3.05, 3.63) is 68.5 Å². The van der Waals surface area contributed by atoms with Crippen molar-refractivity contribution in [2.75, 3.05) is 18.6 Å². The number of carbonyl (C=O) groups excluding carboxylic acids is 1. The van der Waals surface area contributed by atoms with Crippen molar-refractivity contribution in [3.8, 4) is 22.3 Å². The van der Waals surface area contributed by atoms with E-state index >= 15 is 0 Å². The molecule has 0 saturated heterocycles. The SMILES string of the molecule is CN(C(=O)c1cc2c(s1)-c1cc(C#N)ccc1OCC2)c1ccc(Cl)cc1Cl. The van der Waals surface area contributed by atoms with E-state index < -0.39 is 0 Å². The molecule has 0 atom stereocenters. The number of amides is 1. The van der Waals surface area contributed by atoms with Crippen LogP contribution in [-0.4, -0.2) is 19.6 Å². The number of hydrogen-bond acceptors (Lipinski definition) is 4. The third-order valence-corrected chi connectivity index (χ3v) is 6.31. The smallest absolute Gasteiger partial charge is 0.268 e. The van der Waals surface area contributed by atoms with Gasteiger partial charge in [-0.05, 0) is 48.0 Å². The highest BCUT2D eigenvalue weighted by Gasteiger charge is 2.24. The number of ether oxygens (including phenoxy) is 1. The van der Waals surface area contributed by atoms with Crippen LogP contribution in [0.3, 0.4) is 0 Å². The van der Waals surface area contributed by atoms with Crippen LogP contribution in [0.4, 0.5) is 5.69 Å². The largest absolute Gasteiger partial charge is 0.493 e. The maximum absolute atomic E-state index is 13.1. The predicted molar refractivity (Wildman–Crippen MR) is 113 cm³/mol. The molecule has 140 valence electrons. The molecule has 1 aliphatic rings. The van der Waals surface area contributed by atoms with E-state index in [1.54, 1.807) is 31.3 Å². The van der Waals surface area contributed by atoms with E-state index in [4.69, 9.17) is 27.9 Å². The Morgan fingerprint density at radius 1 is 1.21 bits per heavy atom. The van der Waals surface area contributed by atoms with Gasteiger partial charge in [-0.3, -0.25) is 4.79 Å². The van der Waals surface area contributed by atoms with Gasteiger partial charge >= 0.3 is 0 Å². The van der Waals surface area contributed by atoms with Gasteiger partial charge in [-0.25, -0.2) is 0 Å². The molecule has 0 bridgehead atoms. The van der Waals surface area contributed by atoms with Crippen LogP contribution >= 0.6 is 34.5 Å². The van der Waals surface area contributed by atoms with Gasteiger partial charge in [-0.15, -0.1) is 11.3 Å². The van der Waals surface area contributed by atoms with E-state index in [1.807, 2.05) is 18.2 Å². The lowest BCUT2D eigenvalue weighted by atomic mass is 10.1. The highest BCUT2D eigenvalue weighted by molar-refractivity contribution is 7.17. The molecule has 2 heterocycles. The molecular weight excluding hydrogens is 415 g/mol. The quantitative estimate of drug-likeness (QED) is 0.517. The summed E-state index contributed by atoms with van der Waals surface area (Å²) in [5.41, 5.74) is 3.04. The predicted octanol–water partition coefficient (Wildman–Crippen LogP) is 5.81. The number of benzene rings is 2. The van der Waals surface area contributed by atoms with Gasteiger partial charge in [0.2, 0.25) is 0 Å². The first kappa shape index (κ1) is 18.8. The van der Waals surface area contributed by atoms with E-state index in [1.165, 1.54) is 16.2 Å². The van der Waals surface area contributed by atoms with E-state index in [-0.39, 0.29) is 5.91 Å². The fourth-order valence-corrected chi connectivity index (χ4v) is 4.89. The van der Waals surface area contributed by atoms with Crippen LogP contribution in [0.5, 0.6) is 5.75 Å². The molecule has 28 heavy (non-hydrogen) atoms. The van der Waals surface area contributed by atoms with Gasteiger partial charge in [0.1, 0.15) is 5.75 Å². The van der Waals surface area contributed by atoms with Crippen molar-refractivity contribution in [1.29, 1.82) is 5.26 Å². The van der Waals surface area contributed by atoms with Crippen LogP contribution in [0.1, 0.15) is 20.8 Å². The third kappa shape index (κ3) is 3.35. The monoisotopic (exact) mass is 428 g/mol. The molecule has 7 heteroatoms. The fourth-order valence-electron chi connectivity index (χ4n) is 3.15. The second kappa shape index (κ2) is 7.48. The molecule has 0 saturated carbocycles. The normalized spacial score (nSPS) is 12.2. The minimum atomic E-state index is -0.152. The summed E-state index contributed by atoms with van der Waals surface area (Å²) in [5, 5.41) is 10.2. The molecule has 1 aliphatic heterocycles. The van der Waals surface area contributed by atoms with Crippen molar-refractivity contribution < 1.29 is 9.53 Å². The van der Waals surface area contributed by atoms with Gasteiger partial charge < -0.3 is 9.64 Å². The highest BCUT2D eigenvalue weighted by Crippen LogP contribution is 2.42. The number of rotatable bonds is 2. The Morgan fingerprint density at radius 2 is 2.04 bits per heavy atom. The summed E-state index contributed by atoms with van der Waals surface area (Å²) in [4.78, 5) is 16.2. The maximum atomic E-state index is 13.1. The second-order valence-corrected chi connectivity index (χ2v) is 8.24. The molecule has 4 nitrogen and oxygen atoms in total. The van der Waals surface area contributed by atoms with Crippen LogP contribution in [-0.2, 0) is 6.42 Å². The van der Waals surface area contributed by atoms with Crippen molar-refractivity contribution in [3.63, 3.8) is 0 Å². The molecule has 1 amide bonds. The second-order valence-electron chi connectivity index (χ2n) is 6.35. The molecule has 4 rings (SSSR count). The van der Waals surface area contributed by atoms with Gasteiger partial charge in [0.05, 0.1) is 33.8 Å². The summed E-state index contributed by atoms with van der Waals surface area (Å²) >= 11 is 13.6. The van der Waals surface area contributed by atoms with Gasteiger partial charge in [0.15, 0.2) is 0 Å². The molecule has 0 unspecified atom stereocenters. The minimum Gasteiger partial charge on any atom is -0.493 e. The zero-order valence-corrected chi connectivity index (χ0v) is 17.2. The van der Waals surface area contributed by atoms with E-state index in [2.05, 4.69) is 6.07 Å². The van der Waals surface area contributed by atoms with Crippen molar-refractivity contribution >= 4 is 46.1 Å². The van der Waals surface area contributed by atoms with Crippen molar-refractivity contribution in [1.82, 2.24) is 0 Å². The van der Waals surface area contributed by atoms with E-state index in [9.17, 15) is 10.1 Å². The lowest BCUT2D eigenvalue weighted by Gasteiger charge is -2.18. The van der Waals surface area contributed by atoms with Gasteiger partial charge in [0.25, 0.3) is 5.91 Å². The molecule has 0 aliphatic carbocycles. The first-order valence-corrected chi connectivity index (χ1v) is 10.1. The molecule has 2 aromatic carbocycles. The Bertz CT molecular complexity index is 1130. The summed E-state index contributed by atoms with van der Waals surface area (Å²) in [7, 11) is 1.69. The van der Waals surface area contributed by atoms with Gasteiger partial charge in [-0.1, -0.05) is 23.2 Å². The summed E-state index contributed by atoms with van der Waals surface area (Å²) < 4.78 is 5.80. The number of hydrogen-bond donors (Lipinski definition) is 0. The maximum Gasteiger partial charge on any atom is 0.268 e. The lowest BCUT2D eigenvalue weighted by Crippen LogP contribution is -2.25. The average Bonchev–Trinajstić information content (AvgIpc) is 3.03. The molecule has 0 N–H and O–H groups in total. The fraction of sp³-hybridized carbons (Fsp3) is 0.143.